The van der Waals surface area contributed by atoms with Gasteiger partial charge in [-0.25, -0.2) is 5.43 Å². The van der Waals surface area contributed by atoms with Crippen LogP contribution in [0.3, 0.4) is 0 Å². The van der Waals surface area contributed by atoms with E-state index in [1.165, 1.54) is 16.8 Å². The topological polar surface area (TPSA) is 57.8 Å². The van der Waals surface area contributed by atoms with Gasteiger partial charge in [-0.3, -0.25) is 5.43 Å². The number of aryl methyl sites for hydroxylation is 1. The van der Waals surface area contributed by atoms with Crippen molar-refractivity contribution in [3.8, 4) is 11.5 Å². The number of benzene rings is 2. The van der Waals surface area contributed by atoms with E-state index in [4.69, 9.17) is 9.47 Å². The maximum absolute atomic E-state index is 5.52. The number of rotatable bonds is 8. The van der Waals surface area contributed by atoms with Gasteiger partial charge in [0.2, 0.25) is 6.79 Å². The molecule has 2 aliphatic heterocycles. The Morgan fingerprint density at radius 3 is 2.71 bits per heavy atom. The van der Waals surface area contributed by atoms with Gasteiger partial charge in [-0.05, 0) is 54.8 Å². The van der Waals surface area contributed by atoms with Crippen LogP contribution in [0.15, 0.2) is 42.5 Å². The predicted octanol–water partition coefficient (Wildman–Crippen LogP) is 2.47. The maximum Gasteiger partial charge on any atom is 0.231 e. The molecule has 0 aliphatic carbocycles. The predicted molar refractivity (Wildman–Crippen MR) is 112 cm³/mol. The summed E-state index contributed by atoms with van der Waals surface area (Å²) >= 11 is 0. The summed E-state index contributed by atoms with van der Waals surface area (Å²) in [5, 5.41) is 3.64. The Labute approximate surface area is 167 Å². The highest BCUT2D eigenvalue weighted by atomic mass is 16.7. The van der Waals surface area contributed by atoms with E-state index in [1.54, 1.807) is 0 Å². The van der Waals surface area contributed by atoms with Gasteiger partial charge in [0.25, 0.3) is 0 Å². The van der Waals surface area contributed by atoms with E-state index in [0.717, 1.165) is 44.0 Å². The largest absolute Gasteiger partial charge is 0.454 e. The molecule has 4 rings (SSSR count). The van der Waals surface area contributed by atoms with Gasteiger partial charge in [-0.2, -0.15) is 0 Å². The molecule has 3 N–H and O–H groups in total. The van der Waals surface area contributed by atoms with Gasteiger partial charge in [0.15, 0.2) is 11.5 Å². The first kappa shape index (κ1) is 19.1. The average Bonchev–Trinajstić information content (AvgIpc) is 3.36. The minimum atomic E-state index is 0.278. The molecule has 2 heterocycles. The van der Waals surface area contributed by atoms with Crippen molar-refractivity contribution in [2.24, 2.45) is 5.92 Å². The fourth-order valence-electron chi connectivity index (χ4n) is 3.85. The summed E-state index contributed by atoms with van der Waals surface area (Å²) in [6.07, 6.45) is 2.25. The van der Waals surface area contributed by atoms with Crippen molar-refractivity contribution in [2.45, 2.75) is 18.9 Å². The zero-order chi connectivity index (χ0) is 19.3. The second-order valence-electron chi connectivity index (χ2n) is 7.74. The quantitative estimate of drug-likeness (QED) is 0.610. The van der Waals surface area contributed by atoms with Crippen LogP contribution in [0.25, 0.3) is 0 Å². The number of anilines is 1. The highest BCUT2D eigenvalue weighted by Gasteiger charge is 2.29. The standard InChI is InChI=1S/C22H30N4O2/c1-26(2)19-8-5-16(6-9-19)4-3-11-23-13-18-14-24-25-22(18)17-7-10-20-21(12-17)28-15-27-20/h5-10,12,18,22-25H,3-4,11,13-15H2,1-2H3. The minimum absolute atomic E-state index is 0.278. The summed E-state index contributed by atoms with van der Waals surface area (Å²) in [4.78, 5) is 2.13. The molecule has 1 fully saturated rings. The normalized spacial score (nSPS) is 20.5. The molecule has 1 saturated heterocycles. The summed E-state index contributed by atoms with van der Waals surface area (Å²) in [5.41, 5.74) is 10.6. The number of nitrogens with one attached hydrogen (secondary N) is 3. The molecule has 2 aliphatic rings. The van der Waals surface area contributed by atoms with E-state index in [9.17, 15) is 0 Å². The third-order valence-electron chi connectivity index (χ3n) is 5.53. The van der Waals surface area contributed by atoms with E-state index < -0.39 is 0 Å². The van der Waals surface area contributed by atoms with Crippen molar-refractivity contribution >= 4 is 5.69 Å². The van der Waals surface area contributed by atoms with Crippen LogP contribution in [-0.2, 0) is 6.42 Å². The number of fused-ring (bicyclic) bond motifs is 1. The molecule has 0 spiro atoms. The van der Waals surface area contributed by atoms with Crippen LogP contribution in [0, 0.1) is 5.92 Å². The Balaban J connectivity index is 1.22. The number of hydrogen-bond donors (Lipinski definition) is 3. The van der Waals surface area contributed by atoms with Crippen LogP contribution in [0.5, 0.6) is 11.5 Å². The molecule has 150 valence electrons. The van der Waals surface area contributed by atoms with Crippen molar-refractivity contribution in [1.82, 2.24) is 16.2 Å². The second kappa shape index (κ2) is 8.82. The van der Waals surface area contributed by atoms with E-state index in [1.807, 2.05) is 6.07 Å². The van der Waals surface area contributed by atoms with Crippen molar-refractivity contribution in [3.63, 3.8) is 0 Å². The zero-order valence-corrected chi connectivity index (χ0v) is 16.7. The minimum Gasteiger partial charge on any atom is -0.454 e. The van der Waals surface area contributed by atoms with E-state index >= 15 is 0 Å². The summed E-state index contributed by atoms with van der Waals surface area (Å²) in [6.45, 7) is 3.29. The molecule has 0 bridgehead atoms. The molecular weight excluding hydrogens is 352 g/mol. The Hall–Kier alpha value is -2.28. The first-order chi connectivity index (χ1) is 13.7. The van der Waals surface area contributed by atoms with Gasteiger partial charge in [0.1, 0.15) is 0 Å². The van der Waals surface area contributed by atoms with Gasteiger partial charge in [-0.1, -0.05) is 18.2 Å². The lowest BCUT2D eigenvalue weighted by Crippen LogP contribution is -2.29. The number of hydrogen-bond acceptors (Lipinski definition) is 6. The smallest absolute Gasteiger partial charge is 0.231 e. The Bertz CT molecular complexity index is 779. The molecule has 2 aromatic carbocycles. The second-order valence-corrected chi connectivity index (χ2v) is 7.74. The lowest BCUT2D eigenvalue weighted by Gasteiger charge is -2.19. The number of ether oxygens (including phenoxy) is 2. The van der Waals surface area contributed by atoms with E-state index in [0.29, 0.717) is 12.7 Å². The third kappa shape index (κ3) is 4.41. The SMILES string of the molecule is CN(C)c1ccc(CCCNCC2CNNC2c2ccc3c(c2)OCO3)cc1. The fraction of sp³-hybridized carbons (Fsp3) is 0.455. The Kier molecular flexibility index (Phi) is 6.00. The van der Waals surface area contributed by atoms with E-state index in [-0.39, 0.29) is 6.04 Å². The van der Waals surface area contributed by atoms with Crippen LogP contribution >= 0.6 is 0 Å². The first-order valence-corrected chi connectivity index (χ1v) is 10.1. The maximum atomic E-state index is 5.52. The van der Waals surface area contributed by atoms with Gasteiger partial charge in [0, 0.05) is 38.8 Å². The summed E-state index contributed by atoms with van der Waals surface area (Å²) in [6, 6.07) is 15.3. The monoisotopic (exact) mass is 382 g/mol. The van der Waals surface area contributed by atoms with Gasteiger partial charge in [0.05, 0.1) is 6.04 Å². The Morgan fingerprint density at radius 1 is 1.07 bits per heavy atom. The van der Waals surface area contributed by atoms with Gasteiger partial charge >= 0.3 is 0 Å². The Morgan fingerprint density at radius 2 is 1.89 bits per heavy atom. The zero-order valence-electron chi connectivity index (χ0n) is 16.7. The number of nitrogens with zero attached hydrogens (tertiary/aromatic N) is 1. The van der Waals surface area contributed by atoms with Crippen LogP contribution in [0.2, 0.25) is 0 Å². The molecule has 2 aromatic rings. The molecule has 2 unspecified atom stereocenters. The highest BCUT2D eigenvalue weighted by Crippen LogP contribution is 2.36. The van der Waals surface area contributed by atoms with Gasteiger partial charge in [-0.15, -0.1) is 0 Å². The lowest BCUT2D eigenvalue weighted by molar-refractivity contribution is 0.174. The van der Waals surface area contributed by atoms with Crippen molar-refractivity contribution in [1.29, 1.82) is 0 Å². The molecule has 0 radical (unpaired) electrons. The molecular formula is C22H30N4O2. The van der Waals surface area contributed by atoms with Crippen LogP contribution < -0.4 is 30.5 Å². The van der Waals surface area contributed by atoms with E-state index in [2.05, 4.69) is 71.6 Å². The average molecular weight is 383 g/mol. The summed E-state index contributed by atoms with van der Waals surface area (Å²) in [5.74, 6) is 2.18. The van der Waals surface area contributed by atoms with Crippen LogP contribution in [0.1, 0.15) is 23.6 Å². The van der Waals surface area contributed by atoms with Gasteiger partial charge < -0.3 is 19.7 Å². The molecule has 0 amide bonds. The summed E-state index contributed by atoms with van der Waals surface area (Å²) < 4.78 is 10.9. The summed E-state index contributed by atoms with van der Waals surface area (Å²) in [7, 11) is 4.14. The third-order valence-corrected chi connectivity index (χ3v) is 5.53. The van der Waals surface area contributed by atoms with Crippen molar-refractivity contribution < 1.29 is 9.47 Å². The first-order valence-electron chi connectivity index (χ1n) is 10.1. The molecule has 0 aromatic heterocycles. The van der Waals surface area contributed by atoms with Crippen LogP contribution in [-0.4, -0.2) is 40.5 Å². The van der Waals surface area contributed by atoms with Crippen molar-refractivity contribution in [2.75, 3.05) is 45.4 Å². The number of hydrazine groups is 1. The van der Waals surface area contributed by atoms with Crippen molar-refractivity contribution in [3.05, 3.63) is 53.6 Å². The molecule has 0 saturated carbocycles. The molecule has 6 heteroatoms. The fourth-order valence-corrected chi connectivity index (χ4v) is 3.85. The molecule has 2 atom stereocenters. The van der Waals surface area contributed by atoms with Crippen LogP contribution in [0.4, 0.5) is 5.69 Å². The molecule has 6 nitrogen and oxygen atoms in total. The highest BCUT2D eigenvalue weighted by molar-refractivity contribution is 5.46. The lowest BCUT2D eigenvalue weighted by atomic mass is 9.94. The molecule has 28 heavy (non-hydrogen) atoms.